The van der Waals surface area contributed by atoms with Crippen LogP contribution >= 0.6 is 11.6 Å². The van der Waals surface area contributed by atoms with Crippen molar-refractivity contribution in [2.24, 2.45) is 0 Å². The number of fused-ring (bicyclic) bond motifs is 1. The molecule has 210 valence electrons. The summed E-state index contributed by atoms with van der Waals surface area (Å²) < 4.78 is 17.5. The molecule has 1 aliphatic rings. The van der Waals surface area contributed by atoms with Crippen LogP contribution in [0.5, 0.6) is 0 Å². The molecule has 0 saturated carbocycles. The molecule has 41 heavy (non-hydrogen) atoms. The molecule has 3 aromatic carbocycles. The van der Waals surface area contributed by atoms with Crippen LogP contribution in [0.3, 0.4) is 0 Å². The van der Waals surface area contributed by atoms with Gasteiger partial charge in [-0.05, 0) is 0 Å². The molecule has 5 aromatic rings. The molecular formula is C32H33ClN4O2SeSi. The third kappa shape index (κ3) is 5.53. The van der Waals surface area contributed by atoms with Gasteiger partial charge in [-0.2, -0.15) is 0 Å². The first-order valence-corrected chi connectivity index (χ1v) is 18.0. The van der Waals surface area contributed by atoms with E-state index in [4.69, 9.17) is 20.8 Å². The van der Waals surface area contributed by atoms with Crippen LogP contribution in [-0.2, 0) is 9.16 Å². The van der Waals surface area contributed by atoms with Crippen LogP contribution in [0.1, 0.15) is 33.4 Å². The first kappa shape index (κ1) is 28.3. The average molecular weight is 648 g/mol. The van der Waals surface area contributed by atoms with Crippen molar-refractivity contribution in [2.75, 3.05) is 6.61 Å². The number of imidazole rings is 1. The number of ether oxygens (including phenoxy) is 1. The van der Waals surface area contributed by atoms with Crippen molar-refractivity contribution in [1.82, 2.24) is 19.5 Å². The van der Waals surface area contributed by atoms with Crippen molar-refractivity contribution in [3.8, 4) is 0 Å². The Morgan fingerprint density at radius 2 is 1.51 bits per heavy atom. The third-order valence-corrected chi connectivity index (χ3v) is 15.6. The van der Waals surface area contributed by atoms with Gasteiger partial charge in [0.1, 0.15) is 0 Å². The summed E-state index contributed by atoms with van der Waals surface area (Å²) >= 11 is 6.52. The zero-order valence-corrected chi connectivity index (χ0v) is 26.8. The second-order valence-corrected chi connectivity index (χ2v) is 18.7. The fraction of sp³-hybridized carbons (Fsp3) is 0.281. The summed E-state index contributed by atoms with van der Waals surface area (Å²) in [6.07, 6.45) is 3.86. The summed E-state index contributed by atoms with van der Waals surface area (Å²) in [4.78, 5) is 13.4. The van der Waals surface area contributed by atoms with E-state index in [1.807, 2.05) is 4.57 Å². The molecule has 1 fully saturated rings. The average Bonchev–Trinajstić information content (AvgIpc) is 3.59. The number of rotatable bonds is 8. The molecule has 2 aromatic heterocycles. The minimum absolute atomic E-state index is 0.0769. The Kier molecular flexibility index (Phi) is 8.14. The molecule has 1 aliphatic heterocycles. The molecule has 0 radical (unpaired) electrons. The van der Waals surface area contributed by atoms with E-state index in [1.165, 1.54) is 21.2 Å². The number of benzene rings is 3. The van der Waals surface area contributed by atoms with Crippen LogP contribution in [0.2, 0.25) is 15.0 Å². The van der Waals surface area contributed by atoms with E-state index >= 15 is 0 Å². The van der Waals surface area contributed by atoms with E-state index in [1.54, 1.807) is 6.33 Å². The maximum absolute atomic E-state index is 7.27. The zero-order chi connectivity index (χ0) is 28.5. The fourth-order valence-corrected chi connectivity index (χ4v) is 13.3. The first-order valence-electron chi connectivity index (χ1n) is 13.8. The van der Waals surface area contributed by atoms with Crippen LogP contribution in [0.15, 0.2) is 104 Å². The maximum atomic E-state index is 7.27. The van der Waals surface area contributed by atoms with Gasteiger partial charge in [0.05, 0.1) is 0 Å². The Morgan fingerprint density at radius 1 is 0.902 bits per heavy atom. The summed E-state index contributed by atoms with van der Waals surface area (Å²) in [5.41, 5.74) is 1.29. The predicted molar refractivity (Wildman–Crippen MR) is 168 cm³/mol. The molecule has 0 N–H and O–H groups in total. The molecule has 0 spiro atoms. The SMILES string of the molecule is CC(C)(C)[Si](OC[C@@H]1C[C@@H]([Se]c2ccccc2)[C@@H](n2cnc3c(Cl)ncnc32)O1)(c1ccccc1)c1ccccc1. The second kappa shape index (κ2) is 11.8. The quantitative estimate of drug-likeness (QED) is 0.172. The van der Waals surface area contributed by atoms with E-state index in [2.05, 4.69) is 127 Å². The molecule has 1 saturated heterocycles. The van der Waals surface area contributed by atoms with Crippen molar-refractivity contribution in [3.05, 3.63) is 109 Å². The van der Waals surface area contributed by atoms with Crippen LogP contribution in [0.4, 0.5) is 0 Å². The minimum atomic E-state index is -2.68. The molecule has 9 heteroatoms. The van der Waals surface area contributed by atoms with Crippen molar-refractivity contribution >= 4 is 60.9 Å². The van der Waals surface area contributed by atoms with Crippen LogP contribution in [-0.4, -0.2) is 55.5 Å². The summed E-state index contributed by atoms with van der Waals surface area (Å²) in [6, 6.07) is 32.2. The fourth-order valence-electron chi connectivity index (χ4n) is 5.84. The van der Waals surface area contributed by atoms with E-state index in [-0.39, 0.29) is 37.1 Å². The molecule has 3 heterocycles. The Hall–Kier alpha value is -2.84. The Labute approximate surface area is 253 Å². The van der Waals surface area contributed by atoms with Gasteiger partial charge in [-0.3, -0.25) is 0 Å². The molecule has 3 atom stereocenters. The van der Waals surface area contributed by atoms with Crippen LogP contribution in [0, 0.1) is 0 Å². The van der Waals surface area contributed by atoms with Gasteiger partial charge in [-0.25, -0.2) is 0 Å². The van der Waals surface area contributed by atoms with E-state index in [9.17, 15) is 0 Å². The van der Waals surface area contributed by atoms with E-state index in [0.29, 0.717) is 22.9 Å². The van der Waals surface area contributed by atoms with Crippen LogP contribution in [0.25, 0.3) is 11.2 Å². The van der Waals surface area contributed by atoms with Gasteiger partial charge < -0.3 is 0 Å². The number of hydrogen-bond donors (Lipinski definition) is 0. The Bertz CT molecular complexity index is 1560. The van der Waals surface area contributed by atoms with Gasteiger partial charge in [0, 0.05) is 0 Å². The second-order valence-electron chi connectivity index (χ2n) is 11.3. The van der Waals surface area contributed by atoms with E-state index in [0.717, 1.165) is 6.42 Å². The molecule has 6 nitrogen and oxygen atoms in total. The standard InChI is InChI=1S/C32H33ClN4O2SeSi/c1-32(2,3)41(25-15-9-5-10-16-25,26-17-11-6-12-18-26)38-20-23-19-27(40-24-13-7-4-8-14-24)31(39-23)37-22-36-28-29(33)34-21-35-30(28)37/h4-18,21-23,27,31H,19-20H2,1-3H3/t23-,27+,31-/m0/s1. The van der Waals surface area contributed by atoms with Gasteiger partial charge in [0.2, 0.25) is 0 Å². The topological polar surface area (TPSA) is 62.1 Å². The third-order valence-electron chi connectivity index (χ3n) is 7.67. The molecular weight excluding hydrogens is 615 g/mol. The molecule has 0 unspecified atom stereocenters. The molecule has 0 bridgehead atoms. The Morgan fingerprint density at radius 3 is 2.12 bits per heavy atom. The normalized spacial score (nSPS) is 19.6. The van der Waals surface area contributed by atoms with Crippen molar-refractivity contribution < 1.29 is 9.16 Å². The van der Waals surface area contributed by atoms with Crippen molar-refractivity contribution in [2.45, 2.75) is 49.4 Å². The summed E-state index contributed by atoms with van der Waals surface area (Å²) in [5, 5.41) is 2.79. The monoisotopic (exact) mass is 648 g/mol. The summed E-state index contributed by atoms with van der Waals surface area (Å²) in [6.45, 7) is 7.42. The van der Waals surface area contributed by atoms with Gasteiger partial charge in [-0.15, -0.1) is 0 Å². The molecule has 0 aliphatic carbocycles. The van der Waals surface area contributed by atoms with Crippen LogP contribution < -0.4 is 14.8 Å². The van der Waals surface area contributed by atoms with Crippen molar-refractivity contribution in [1.29, 1.82) is 0 Å². The summed E-state index contributed by atoms with van der Waals surface area (Å²) in [5.74, 6) is 0. The number of nitrogens with zero attached hydrogens (tertiary/aromatic N) is 4. The van der Waals surface area contributed by atoms with Gasteiger partial charge in [0.25, 0.3) is 0 Å². The van der Waals surface area contributed by atoms with Gasteiger partial charge in [-0.1, -0.05) is 0 Å². The number of aromatic nitrogens is 4. The summed E-state index contributed by atoms with van der Waals surface area (Å²) in [7, 11) is -2.68. The van der Waals surface area contributed by atoms with Crippen molar-refractivity contribution in [3.63, 3.8) is 0 Å². The molecule has 6 rings (SSSR count). The Balaban J connectivity index is 1.34. The zero-order valence-electron chi connectivity index (χ0n) is 23.4. The van der Waals surface area contributed by atoms with Gasteiger partial charge in [0.15, 0.2) is 0 Å². The predicted octanol–water partition coefficient (Wildman–Crippen LogP) is 5.16. The molecule has 0 amide bonds. The van der Waals surface area contributed by atoms with E-state index < -0.39 is 8.32 Å². The first-order chi connectivity index (χ1) is 19.9. The van der Waals surface area contributed by atoms with Gasteiger partial charge >= 0.3 is 254 Å². The number of halogens is 1. The number of hydrogen-bond acceptors (Lipinski definition) is 5.